The maximum atomic E-state index is 13.1. The molecule has 138 valence electrons. The molecule has 0 spiro atoms. The van der Waals surface area contributed by atoms with Crippen LogP contribution in [0.25, 0.3) is 21.5 Å². The third-order valence-electron chi connectivity index (χ3n) is 4.20. The number of anilines is 2. The highest BCUT2D eigenvalue weighted by Crippen LogP contribution is 2.52. The molecular weight excluding hydrogens is 362 g/mol. The minimum absolute atomic E-state index is 0.0680. The monoisotopic (exact) mass is 374 g/mol. The van der Waals surface area contributed by atoms with E-state index in [4.69, 9.17) is 11.5 Å². The molecule has 0 unspecified atom stereocenters. The highest BCUT2D eigenvalue weighted by Gasteiger charge is 2.72. The molecule has 9 heteroatoms. The predicted octanol–water partition coefficient (Wildman–Crippen LogP) is 4.47. The first-order valence-corrected chi connectivity index (χ1v) is 7.23. The largest absolute Gasteiger partial charge is 0.430 e. The summed E-state index contributed by atoms with van der Waals surface area (Å²) in [6.07, 6.45) is -12.0. The summed E-state index contributed by atoms with van der Waals surface area (Å²) in [4.78, 5) is 0. The van der Waals surface area contributed by atoms with Crippen molar-refractivity contribution in [1.82, 2.24) is 0 Å². The van der Waals surface area contributed by atoms with E-state index in [0.29, 0.717) is 27.9 Å². The molecule has 3 nitrogen and oxygen atoms in total. The Morgan fingerprint density at radius 1 is 0.654 bits per heavy atom. The van der Waals surface area contributed by atoms with Crippen LogP contribution in [0.3, 0.4) is 0 Å². The van der Waals surface area contributed by atoms with Crippen LogP contribution in [-0.4, -0.2) is 17.5 Å². The quantitative estimate of drug-likeness (QED) is 0.334. The molecule has 0 atom stereocenters. The topological polar surface area (TPSA) is 72.3 Å². The van der Waals surface area contributed by atoms with Crippen molar-refractivity contribution in [3.05, 3.63) is 48.0 Å². The van der Waals surface area contributed by atoms with Crippen LogP contribution in [0, 0.1) is 0 Å². The lowest BCUT2D eigenvalue weighted by atomic mass is 9.88. The zero-order valence-electron chi connectivity index (χ0n) is 12.9. The summed E-state index contributed by atoms with van der Waals surface area (Å²) in [5.74, 6) is 0. The van der Waals surface area contributed by atoms with Crippen LogP contribution in [0.15, 0.2) is 42.5 Å². The molecule has 3 aromatic rings. The number of halogens is 6. The number of benzene rings is 3. The molecular formula is C17H12F6N2O. The van der Waals surface area contributed by atoms with E-state index >= 15 is 0 Å². The van der Waals surface area contributed by atoms with Crippen molar-refractivity contribution in [2.24, 2.45) is 0 Å². The van der Waals surface area contributed by atoms with Crippen molar-refractivity contribution < 1.29 is 31.4 Å². The predicted molar refractivity (Wildman–Crippen MR) is 86.3 cm³/mol. The second-order valence-corrected chi connectivity index (χ2v) is 5.95. The normalized spacial score (nSPS) is 13.5. The van der Waals surface area contributed by atoms with Crippen molar-refractivity contribution in [2.45, 2.75) is 18.0 Å². The molecule has 3 rings (SSSR count). The molecule has 3 aromatic carbocycles. The minimum Gasteiger partial charge on any atom is -0.399 e. The van der Waals surface area contributed by atoms with Crippen molar-refractivity contribution in [2.75, 3.05) is 11.5 Å². The fraction of sp³-hybridized carbons (Fsp3) is 0.176. The highest BCUT2D eigenvalue weighted by molar-refractivity contribution is 6.00. The van der Waals surface area contributed by atoms with Crippen molar-refractivity contribution in [1.29, 1.82) is 0 Å². The lowest BCUT2D eigenvalue weighted by Crippen LogP contribution is -2.54. The van der Waals surface area contributed by atoms with E-state index in [0.717, 1.165) is 6.07 Å². The first-order valence-electron chi connectivity index (χ1n) is 7.23. The van der Waals surface area contributed by atoms with Crippen molar-refractivity contribution in [3.8, 4) is 0 Å². The zero-order chi connectivity index (χ0) is 19.5. The summed E-state index contributed by atoms with van der Waals surface area (Å²) in [7, 11) is 0. The lowest BCUT2D eigenvalue weighted by Gasteiger charge is -2.33. The van der Waals surface area contributed by atoms with Gasteiger partial charge in [-0.1, -0.05) is 6.07 Å². The van der Waals surface area contributed by atoms with Crippen LogP contribution in [-0.2, 0) is 5.60 Å². The zero-order valence-corrected chi connectivity index (χ0v) is 12.9. The van der Waals surface area contributed by atoms with Gasteiger partial charge in [-0.15, -0.1) is 0 Å². The molecule has 0 heterocycles. The Hall–Kier alpha value is -2.68. The molecule has 0 aliphatic carbocycles. The van der Waals surface area contributed by atoms with Gasteiger partial charge in [0.1, 0.15) is 0 Å². The Bertz CT molecular complexity index is 996. The van der Waals surface area contributed by atoms with Gasteiger partial charge in [0, 0.05) is 16.9 Å². The van der Waals surface area contributed by atoms with Crippen LogP contribution in [0.2, 0.25) is 0 Å². The van der Waals surface area contributed by atoms with Gasteiger partial charge in [-0.2, -0.15) is 26.3 Å². The number of rotatable bonds is 1. The maximum Gasteiger partial charge on any atom is 0.430 e. The molecule has 0 aliphatic rings. The third kappa shape index (κ3) is 2.59. The van der Waals surface area contributed by atoms with E-state index in [1.165, 1.54) is 6.07 Å². The Morgan fingerprint density at radius 2 is 1.15 bits per heavy atom. The summed E-state index contributed by atoms with van der Waals surface area (Å²) < 4.78 is 78.7. The Balaban J connectivity index is 2.34. The Morgan fingerprint density at radius 3 is 1.73 bits per heavy atom. The number of nitrogens with two attached hydrogens (primary N) is 2. The summed E-state index contributed by atoms with van der Waals surface area (Å²) in [5.41, 5.74) is 4.22. The van der Waals surface area contributed by atoms with E-state index in [1.807, 2.05) is 0 Å². The van der Waals surface area contributed by atoms with Gasteiger partial charge in [0.2, 0.25) is 0 Å². The minimum atomic E-state index is -6.00. The summed E-state index contributed by atoms with van der Waals surface area (Å²) in [6, 6.07) is 9.27. The smallest absolute Gasteiger partial charge is 0.399 e. The fourth-order valence-electron chi connectivity index (χ4n) is 2.86. The number of alkyl halides is 6. The van der Waals surface area contributed by atoms with E-state index in [1.54, 1.807) is 24.3 Å². The van der Waals surface area contributed by atoms with Gasteiger partial charge in [0.25, 0.3) is 5.60 Å². The number of aliphatic hydroxyl groups is 1. The van der Waals surface area contributed by atoms with Crippen LogP contribution in [0.4, 0.5) is 37.7 Å². The van der Waals surface area contributed by atoms with Gasteiger partial charge in [-0.05, 0) is 57.9 Å². The lowest BCUT2D eigenvalue weighted by molar-refractivity contribution is -0.375. The fourth-order valence-corrected chi connectivity index (χ4v) is 2.86. The van der Waals surface area contributed by atoms with Crippen LogP contribution in [0.5, 0.6) is 0 Å². The van der Waals surface area contributed by atoms with Gasteiger partial charge in [0.05, 0.1) is 0 Å². The molecule has 0 amide bonds. The summed E-state index contributed by atoms with van der Waals surface area (Å²) in [6.45, 7) is 0. The standard InChI is InChI=1S/C17H12F6N2O/c18-16(19,20)15(26,17(21,22)23)13-6-10-3-8-1-2-12(24)5-9(8)4-11(10)7-14(13)25/h1-7,26H,24-25H2. The van der Waals surface area contributed by atoms with Crippen molar-refractivity contribution in [3.63, 3.8) is 0 Å². The first-order chi connectivity index (χ1) is 11.8. The van der Waals surface area contributed by atoms with Crippen molar-refractivity contribution >= 4 is 32.9 Å². The third-order valence-corrected chi connectivity index (χ3v) is 4.20. The van der Waals surface area contributed by atoms with Gasteiger partial charge in [-0.3, -0.25) is 0 Å². The number of hydrogen-bond acceptors (Lipinski definition) is 3. The van der Waals surface area contributed by atoms with E-state index in [9.17, 15) is 31.4 Å². The first kappa shape index (κ1) is 18.1. The summed E-state index contributed by atoms with van der Waals surface area (Å²) >= 11 is 0. The molecule has 0 saturated heterocycles. The molecule has 26 heavy (non-hydrogen) atoms. The highest BCUT2D eigenvalue weighted by atomic mass is 19.4. The second-order valence-electron chi connectivity index (χ2n) is 5.95. The SMILES string of the molecule is Nc1ccc2cc3cc(C(O)(C(F)(F)F)C(F)(F)F)c(N)cc3cc2c1. The molecule has 5 N–H and O–H groups in total. The molecule has 0 bridgehead atoms. The average Bonchev–Trinajstić information content (AvgIpc) is 2.49. The number of hydrogen-bond donors (Lipinski definition) is 3. The van der Waals surface area contributed by atoms with Gasteiger partial charge < -0.3 is 16.6 Å². The number of nitrogen functional groups attached to an aromatic ring is 2. The van der Waals surface area contributed by atoms with E-state index in [-0.39, 0.29) is 5.39 Å². The summed E-state index contributed by atoms with van der Waals surface area (Å²) in [5, 5.41) is 11.2. The molecule has 0 fully saturated rings. The van der Waals surface area contributed by atoms with Gasteiger partial charge in [0.15, 0.2) is 0 Å². The van der Waals surface area contributed by atoms with E-state index in [2.05, 4.69) is 0 Å². The Kier molecular flexibility index (Phi) is 3.77. The van der Waals surface area contributed by atoms with Crippen LogP contribution < -0.4 is 11.5 Å². The van der Waals surface area contributed by atoms with Crippen LogP contribution >= 0.6 is 0 Å². The number of fused-ring (bicyclic) bond motifs is 2. The Labute approximate surface area is 142 Å². The molecule has 0 aliphatic heterocycles. The van der Waals surface area contributed by atoms with Crippen LogP contribution in [0.1, 0.15) is 5.56 Å². The molecule has 0 aromatic heterocycles. The maximum absolute atomic E-state index is 13.1. The van der Waals surface area contributed by atoms with Gasteiger partial charge >= 0.3 is 12.4 Å². The second kappa shape index (κ2) is 5.41. The molecule has 0 radical (unpaired) electrons. The van der Waals surface area contributed by atoms with E-state index < -0.39 is 29.2 Å². The average molecular weight is 374 g/mol. The molecule has 0 saturated carbocycles. The van der Waals surface area contributed by atoms with Gasteiger partial charge in [-0.25, -0.2) is 0 Å².